The van der Waals surface area contributed by atoms with E-state index in [1.54, 1.807) is 6.33 Å². The van der Waals surface area contributed by atoms with E-state index in [9.17, 15) is 4.79 Å². The van der Waals surface area contributed by atoms with Crippen molar-refractivity contribution in [2.24, 2.45) is 0 Å². The van der Waals surface area contributed by atoms with Crippen LogP contribution in [0.5, 0.6) is 0 Å². The number of aromatic nitrogens is 4. The molecule has 2 aromatic heterocycles. The summed E-state index contributed by atoms with van der Waals surface area (Å²) < 4.78 is 43.5. The molecule has 5 atom stereocenters. The molecule has 1 amide bonds. The van der Waals surface area contributed by atoms with Crippen molar-refractivity contribution in [3.05, 3.63) is 12.7 Å². The van der Waals surface area contributed by atoms with E-state index in [1.807, 2.05) is 11.5 Å². The van der Waals surface area contributed by atoms with E-state index in [4.69, 9.17) is 27.2 Å². The molecule has 45 heavy (non-hydrogen) atoms. The van der Waals surface area contributed by atoms with Crippen LogP contribution in [0.3, 0.4) is 0 Å². The van der Waals surface area contributed by atoms with E-state index in [-0.39, 0.29) is 34.4 Å². The zero-order chi connectivity index (χ0) is 32.5. The molecule has 252 valence electrons. The first-order valence-electron chi connectivity index (χ1n) is 16.8. The Hall–Kier alpha value is -1.79. The Morgan fingerprint density at radius 3 is 2.36 bits per heavy atom. The average Bonchev–Trinajstić information content (AvgIpc) is 3.55. The lowest BCUT2D eigenvalue weighted by molar-refractivity contribution is -0.214. The monoisotopic (exact) mass is 663 g/mol. The zero-order valence-electron chi connectivity index (χ0n) is 28.4. The van der Waals surface area contributed by atoms with Crippen LogP contribution in [-0.4, -0.2) is 80.4 Å². The highest BCUT2D eigenvalue weighted by molar-refractivity contribution is 6.84. The van der Waals surface area contributed by atoms with Gasteiger partial charge in [-0.25, -0.2) is 15.0 Å². The molecule has 0 saturated carbocycles. The van der Waals surface area contributed by atoms with Gasteiger partial charge in [-0.15, -0.1) is 0 Å². The number of hydrogen-bond donors (Lipinski definition) is 1. The first kappa shape index (κ1) is 34.5. The highest BCUT2D eigenvalue weighted by Gasteiger charge is 2.62. The second-order valence-electron chi connectivity index (χ2n) is 13.9. The third-order valence-corrected chi connectivity index (χ3v) is 19.7. The number of anilines is 1. The van der Waals surface area contributed by atoms with Gasteiger partial charge in [0.1, 0.15) is 24.6 Å². The molecule has 0 spiro atoms. The molecule has 1 N–H and O–H groups in total. The summed E-state index contributed by atoms with van der Waals surface area (Å²) in [5.74, 6) is 0.258. The normalized spacial score (nSPS) is 28.5. The molecular weight excluding hydrogens is 611 g/mol. The van der Waals surface area contributed by atoms with Crippen molar-refractivity contribution in [1.29, 1.82) is 0 Å². The predicted octanol–water partition coefficient (Wildman–Crippen LogP) is 6.33. The number of fused-ring (bicyclic) bond motifs is 2. The minimum atomic E-state index is -2.94. The summed E-state index contributed by atoms with van der Waals surface area (Å²) in [6, 6.07) is 0. The van der Waals surface area contributed by atoms with Gasteiger partial charge in [0.25, 0.3) is 0 Å². The summed E-state index contributed by atoms with van der Waals surface area (Å²) in [7, 11) is -5.70. The Balaban J connectivity index is 1.59. The minimum absolute atomic E-state index is 0.115. The van der Waals surface area contributed by atoms with Crippen LogP contribution in [-0.2, 0) is 32.0 Å². The van der Waals surface area contributed by atoms with Gasteiger partial charge in [0.05, 0.1) is 12.9 Å². The van der Waals surface area contributed by atoms with E-state index < -0.39 is 41.7 Å². The molecule has 5 heterocycles. The number of nitrogens with zero attached hydrogens (tertiary/aromatic N) is 4. The molecule has 3 fully saturated rings. The number of rotatable bonds is 10. The van der Waals surface area contributed by atoms with Gasteiger partial charge in [-0.2, -0.15) is 0 Å². The van der Waals surface area contributed by atoms with Crippen molar-refractivity contribution in [3.8, 4) is 0 Å². The lowest BCUT2D eigenvalue weighted by Crippen LogP contribution is -2.66. The molecule has 3 aliphatic heterocycles. The maximum absolute atomic E-state index is 12.4. The van der Waals surface area contributed by atoms with Gasteiger partial charge in [0, 0.05) is 13.0 Å². The van der Waals surface area contributed by atoms with Gasteiger partial charge in [-0.1, -0.05) is 62.3 Å². The van der Waals surface area contributed by atoms with E-state index in [2.05, 4.69) is 75.7 Å². The zero-order valence-corrected chi connectivity index (χ0v) is 30.4. The number of amides is 1. The molecule has 0 radical (unpaired) electrons. The highest BCUT2D eigenvalue weighted by Crippen LogP contribution is 2.49. The lowest BCUT2D eigenvalue weighted by Gasteiger charge is -2.51. The minimum Gasteiger partial charge on any atom is -0.414 e. The summed E-state index contributed by atoms with van der Waals surface area (Å²) in [6.45, 7) is 20.6. The standard InChI is InChI=1S/C31H53N5O7Si2/c1-10-13-24(37)35-29-26-30(33-17-32-29)36(18-34-26)31-28(41-25-14-11-12-15-38-25)27-23(40-31)16-39-44(19(2)3,20(4)5)43-45(42-27,21(6)7)22(8)9/h17-23,25,27-28,31H,10-16H2,1-9H3,(H,32,33,35,37)/t23-,25?,27-,28-,31-/m1/s1. The number of nitrogens with one attached hydrogen (secondary N) is 1. The van der Waals surface area contributed by atoms with Crippen molar-refractivity contribution in [1.82, 2.24) is 19.5 Å². The molecule has 1 unspecified atom stereocenters. The van der Waals surface area contributed by atoms with Crippen LogP contribution < -0.4 is 5.32 Å². The van der Waals surface area contributed by atoms with Crippen molar-refractivity contribution < 1.29 is 32.0 Å². The topological polar surface area (TPSA) is 128 Å². The quantitative estimate of drug-likeness (QED) is 0.288. The summed E-state index contributed by atoms with van der Waals surface area (Å²) in [5.41, 5.74) is 1.78. The first-order chi connectivity index (χ1) is 21.4. The van der Waals surface area contributed by atoms with E-state index in [0.29, 0.717) is 36.6 Å². The van der Waals surface area contributed by atoms with Gasteiger partial charge < -0.3 is 32.5 Å². The number of hydrogen-bond acceptors (Lipinski definition) is 10. The fraction of sp³-hybridized carbons (Fsp3) is 0.806. The molecule has 0 bridgehead atoms. The van der Waals surface area contributed by atoms with Gasteiger partial charge in [0.2, 0.25) is 5.91 Å². The Labute approximate surface area is 269 Å². The Bertz CT molecular complexity index is 1290. The second kappa shape index (κ2) is 14.1. The van der Waals surface area contributed by atoms with Crippen LogP contribution >= 0.6 is 0 Å². The third kappa shape index (κ3) is 6.66. The molecule has 0 aromatic carbocycles. The molecule has 5 rings (SSSR count). The summed E-state index contributed by atoms with van der Waals surface area (Å²) in [6.07, 6.45) is 4.64. The fourth-order valence-corrected chi connectivity index (χ4v) is 18.2. The Kier molecular flexibility index (Phi) is 10.9. The lowest BCUT2D eigenvalue weighted by atomic mass is 10.1. The summed E-state index contributed by atoms with van der Waals surface area (Å²) in [4.78, 5) is 26.0. The molecule has 0 aliphatic carbocycles. The molecular formula is C31H53N5O7Si2. The van der Waals surface area contributed by atoms with Gasteiger partial charge in [-0.3, -0.25) is 9.36 Å². The number of carbonyl (C=O) groups excluding carboxylic acids is 1. The number of ether oxygens (including phenoxy) is 3. The smallest absolute Gasteiger partial charge is 0.335 e. The van der Waals surface area contributed by atoms with Crippen molar-refractivity contribution >= 4 is 40.0 Å². The van der Waals surface area contributed by atoms with Crippen LogP contribution in [0.25, 0.3) is 11.2 Å². The summed E-state index contributed by atoms with van der Waals surface area (Å²) in [5, 5.41) is 2.89. The number of imidazole rings is 1. The van der Waals surface area contributed by atoms with Crippen molar-refractivity contribution in [2.45, 2.75) is 147 Å². The molecule has 3 saturated heterocycles. The Morgan fingerprint density at radius 2 is 1.73 bits per heavy atom. The molecule has 12 nitrogen and oxygen atoms in total. The van der Waals surface area contributed by atoms with E-state index in [0.717, 1.165) is 25.7 Å². The maximum atomic E-state index is 12.4. The largest absolute Gasteiger partial charge is 0.414 e. The van der Waals surface area contributed by atoms with Crippen molar-refractivity contribution in [2.75, 3.05) is 18.5 Å². The molecule has 3 aliphatic rings. The SMILES string of the molecule is CCCC(=O)Nc1ncnc2c1ncn2[C@@H]1O[C@@H]2CO[Si](C(C)C)(C(C)C)O[Si](C(C)C)(C(C)C)O[C@H]2[C@H]1OC1CCCCO1. The predicted molar refractivity (Wildman–Crippen MR) is 175 cm³/mol. The van der Waals surface area contributed by atoms with E-state index >= 15 is 0 Å². The average molecular weight is 664 g/mol. The number of carbonyl (C=O) groups is 1. The van der Waals surface area contributed by atoms with Crippen LogP contribution in [0, 0.1) is 0 Å². The summed E-state index contributed by atoms with van der Waals surface area (Å²) >= 11 is 0. The van der Waals surface area contributed by atoms with Gasteiger partial charge >= 0.3 is 17.1 Å². The third-order valence-electron chi connectivity index (χ3n) is 9.43. The van der Waals surface area contributed by atoms with Crippen LogP contribution in [0.4, 0.5) is 5.82 Å². The highest BCUT2D eigenvalue weighted by atomic mass is 28.5. The second-order valence-corrected chi connectivity index (χ2v) is 22.7. The van der Waals surface area contributed by atoms with Gasteiger partial charge in [0.15, 0.2) is 29.5 Å². The van der Waals surface area contributed by atoms with Crippen molar-refractivity contribution in [3.63, 3.8) is 0 Å². The van der Waals surface area contributed by atoms with E-state index in [1.165, 1.54) is 6.33 Å². The van der Waals surface area contributed by atoms with Crippen LogP contribution in [0.1, 0.15) is 101 Å². The first-order valence-corrected chi connectivity index (χ1v) is 20.8. The maximum Gasteiger partial charge on any atom is 0.335 e. The Morgan fingerprint density at radius 1 is 1.02 bits per heavy atom. The molecule has 14 heteroatoms. The molecule has 2 aromatic rings. The van der Waals surface area contributed by atoms with Crippen LogP contribution in [0.2, 0.25) is 22.2 Å². The van der Waals surface area contributed by atoms with Crippen LogP contribution in [0.15, 0.2) is 12.7 Å². The fourth-order valence-electron chi connectivity index (χ4n) is 7.04. The van der Waals surface area contributed by atoms with Gasteiger partial charge in [-0.05, 0) is 47.8 Å².